The monoisotopic (exact) mass is 281 g/mol. The molecule has 0 aliphatic carbocycles. The summed E-state index contributed by atoms with van der Waals surface area (Å²) < 4.78 is 19.6. The highest BCUT2D eigenvalue weighted by atomic mass is 35.5. The van der Waals surface area contributed by atoms with Gasteiger partial charge in [0.15, 0.2) is 0 Å². The maximum Gasteiger partial charge on any atom is 0.129 e. The fraction of sp³-hybridized carbons (Fsp3) is 0.333. The summed E-state index contributed by atoms with van der Waals surface area (Å²) in [7, 11) is 0. The first-order valence-electron chi connectivity index (χ1n) is 6.35. The summed E-state index contributed by atoms with van der Waals surface area (Å²) in [4.78, 5) is 0. The van der Waals surface area contributed by atoms with Crippen LogP contribution in [0.1, 0.15) is 36.3 Å². The van der Waals surface area contributed by atoms with Gasteiger partial charge in [0, 0.05) is 10.6 Å². The van der Waals surface area contributed by atoms with Crippen molar-refractivity contribution >= 4 is 11.6 Å². The minimum absolute atomic E-state index is 0.285. The Hall–Kier alpha value is -1.32. The molecule has 102 valence electrons. The number of furan rings is 1. The maximum absolute atomic E-state index is 14.1. The zero-order chi connectivity index (χ0) is 13.8. The molecule has 1 aromatic heterocycles. The Morgan fingerprint density at radius 1 is 1.37 bits per heavy atom. The highest BCUT2D eigenvalue weighted by molar-refractivity contribution is 6.30. The number of halogens is 2. The summed E-state index contributed by atoms with van der Waals surface area (Å²) in [6, 6.07) is 6.32. The lowest BCUT2D eigenvalue weighted by Gasteiger charge is -2.18. The van der Waals surface area contributed by atoms with E-state index in [4.69, 9.17) is 16.0 Å². The van der Waals surface area contributed by atoms with E-state index in [1.54, 1.807) is 18.4 Å². The Balaban J connectivity index is 2.40. The Labute approximate surface area is 117 Å². The van der Waals surface area contributed by atoms with E-state index in [1.807, 2.05) is 13.0 Å². The first-order chi connectivity index (χ1) is 9.13. The topological polar surface area (TPSA) is 25.2 Å². The molecular formula is C15H17ClFNO. The van der Waals surface area contributed by atoms with E-state index in [-0.39, 0.29) is 11.9 Å². The molecule has 1 unspecified atom stereocenters. The average molecular weight is 282 g/mol. The Kier molecular flexibility index (Phi) is 4.61. The lowest BCUT2D eigenvalue weighted by molar-refractivity contribution is 0.433. The predicted octanol–water partition coefficient (Wildman–Crippen LogP) is 4.47. The molecule has 0 aliphatic heterocycles. The summed E-state index contributed by atoms with van der Waals surface area (Å²) in [6.07, 6.45) is 2.59. The number of hydrogen-bond donors (Lipinski definition) is 1. The van der Waals surface area contributed by atoms with Gasteiger partial charge in [-0.25, -0.2) is 4.39 Å². The second kappa shape index (κ2) is 6.22. The maximum atomic E-state index is 14.1. The van der Waals surface area contributed by atoms with E-state index in [1.165, 1.54) is 6.07 Å². The molecule has 2 aromatic rings. The normalized spacial score (nSPS) is 12.6. The molecule has 1 heterocycles. The van der Waals surface area contributed by atoms with Crippen molar-refractivity contribution in [2.45, 2.75) is 26.3 Å². The standard InChI is InChI=1S/C15H17ClFNO/c1-3-7-18-14(15-10(2)6-8-19-15)12-5-4-11(16)9-13(12)17/h4-6,8-9,14,18H,3,7H2,1-2H3. The third-order valence-electron chi connectivity index (χ3n) is 3.04. The summed E-state index contributed by atoms with van der Waals surface area (Å²) in [5.74, 6) is 0.423. The number of hydrogen-bond acceptors (Lipinski definition) is 2. The van der Waals surface area contributed by atoms with Gasteiger partial charge in [-0.15, -0.1) is 0 Å². The fourth-order valence-corrected chi connectivity index (χ4v) is 2.21. The van der Waals surface area contributed by atoms with Gasteiger partial charge < -0.3 is 9.73 Å². The summed E-state index contributed by atoms with van der Waals surface area (Å²) in [5, 5.41) is 3.71. The second-order valence-corrected chi connectivity index (χ2v) is 4.96. The first kappa shape index (κ1) is 14.1. The molecule has 1 atom stereocenters. The molecule has 2 nitrogen and oxygen atoms in total. The molecular weight excluding hydrogens is 265 g/mol. The van der Waals surface area contributed by atoms with Crippen LogP contribution in [0.4, 0.5) is 4.39 Å². The lowest BCUT2D eigenvalue weighted by atomic mass is 10.0. The third-order valence-corrected chi connectivity index (χ3v) is 3.27. The highest BCUT2D eigenvalue weighted by Gasteiger charge is 2.21. The van der Waals surface area contributed by atoms with Crippen LogP contribution in [-0.4, -0.2) is 6.54 Å². The van der Waals surface area contributed by atoms with Crippen molar-refractivity contribution in [2.75, 3.05) is 6.54 Å². The van der Waals surface area contributed by atoms with Gasteiger partial charge in [0.25, 0.3) is 0 Å². The second-order valence-electron chi connectivity index (χ2n) is 4.52. The predicted molar refractivity (Wildman–Crippen MR) is 75.0 cm³/mol. The molecule has 0 aliphatic rings. The quantitative estimate of drug-likeness (QED) is 0.875. The van der Waals surface area contributed by atoms with E-state index >= 15 is 0 Å². The van der Waals surface area contributed by atoms with Crippen molar-refractivity contribution in [2.24, 2.45) is 0 Å². The average Bonchev–Trinajstić information content (AvgIpc) is 2.78. The smallest absolute Gasteiger partial charge is 0.129 e. The summed E-state index contributed by atoms with van der Waals surface area (Å²) in [6.45, 7) is 4.80. The number of rotatable bonds is 5. The van der Waals surface area contributed by atoms with Crippen molar-refractivity contribution in [1.82, 2.24) is 5.32 Å². The molecule has 0 bridgehead atoms. The van der Waals surface area contributed by atoms with Crippen molar-refractivity contribution in [3.05, 3.63) is 58.3 Å². The zero-order valence-electron chi connectivity index (χ0n) is 11.0. The van der Waals surface area contributed by atoms with Crippen molar-refractivity contribution in [3.8, 4) is 0 Å². The Bertz CT molecular complexity index is 553. The molecule has 2 rings (SSSR count). The van der Waals surface area contributed by atoms with Crippen LogP contribution in [0.2, 0.25) is 5.02 Å². The van der Waals surface area contributed by atoms with Crippen LogP contribution in [0, 0.1) is 12.7 Å². The molecule has 1 aromatic carbocycles. The van der Waals surface area contributed by atoms with E-state index < -0.39 is 0 Å². The van der Waals surface area contributed by atoms with Crippen LogP contribution in [0.3, 0.4) is 0 Å². The van der Waals surface area contributed by atoms with Gasteiger partial charge in [-0.1, -0.05) is 24.6 Å². The van der Waals surface area contributed by atoms with Gasteiger partial charge in [-0.05, 0) is 43.7 Å². The van der Waals surface area contributed by atoms with Gasteiger partial charge in [-0.2, -0.15) is 0 Å². The van der Waals surface area contributed by atoms with Crippen LogP contribution in [0.25, 0.3) is 0 Å². The van der Waals surface area contributed by atoms with Gasteiger partial charge in [0.2, 0.25) is 0 Å². The van der Waals surface area contributed by atoms with E-state index in [9.17, 15) is 4.39 Å². The minimum atomic E-state index is -0.322. The van der Waals surface area contributed by atoms with E-state index in [0.29, 0.717) is 10.6 Å². The molecule has 19 heavy (non-hydrogen) atoms. The molecule has 0 saturated heterocycles. The van der Waals surface area contributed by atoms with E-state index in [2.05, 4.69) is 12.2 Å². The van der Waals surface area contributed by atoms with Crippen LogP contribution in [0.5, 0.6) is 0 Å². The molecule has 0 spiro atoms. The lowest BCUT2D eigenvalue weighted by Crippen LogP contribution is -2.24. The number of aryl methyl sites for hydroxylation is 1. The first-order valence-corrected chi connectivity index (χ1v) is 6.73. The molecule has 4 heteroatoms. The van der Waals surface area contributed by atoms with Gasteiger partial charge >= 0.3 is 0 Å². The highest BCUT2D eigenvalue weighted by Crippen LogP contribution is 2.29. The van der Waals surface area contributed by atoms with Crippen molar-refractivity contribution in [1.29, 1.82) is 0 Å². The molecule has 0 amide bonds. The molecule has 0 saturated carbocycles. The van der Waals surface area contributed by atoms with Crippen LogP contribution in [0.15, 0.2) is 34.9 Å². The van der Waals surface area contributed by atoms with Crippen LogP contribution in [-0.2, 0) is 0 Å². The number of nitrogens with one attached hydrogen (secondary N) is 1. The third kappa shape index (κ3) is 3.17. The summed E-state index contributed by atoms with van der Waals surface area (Å²) in [5.41, 5.74) is 1.55. The van der Waals surface area contributed by atoms with Gasteiger partial charge in [-0.3, -0.25) is 0 Å². The van der Waals surface area contributed by atoms with E-state index in [0.717, 1.165) is 24.3 Å². The Morgan fingerprint density at radius 3 is 2.74 bits per heavy atom. The molecule has 0 radical (unpaired) electrons. The largest absolute Gasteiger partial charge is 0.467 e. The zero-order valence-corrected chi connectivity index (χ0v) is 11.8. The molecule has 1 N–H and O–H groups in total. The van der Waals surface area contributed by atoms with Crippen molar-refractivity contribution < 1.29 is 8.81 Å². The summed E-state index contributed by atoms with van der Waals surface area (Å²) >= 11 is 5.80. The van der Waals surface area contributed by atoms with Gasteiger partial charge in [0.1, 0.15) is 11.6 Å². The van der Waals surface area contributed by atoms with Crippen molar-refractivity contribution in [3.63, 3.8) is 0 Å². The Morgan fingerprint density at radius 2 is 2.16 bits per heavy atom. The fourth-order valence-electron chi connectivity index (χ4n) is 2.05. The van der Waals surface area contributed by atoms with Crippen LogP contribution >= 0.6 is 11.6 Å². The molecule has 0 fully saturated rings. The van der Waals surface area contributed by atoms with Gasteiger partial charge in [0.05, 0.1) is 12.3 Å². The minimum Gasteiger partial charge on any atom is -0.467 e. The number of benzene rings is 1. The SMILES string of the molecule is CCCNC(c1ccc(Cl)cc1F)c1occc1C. The van der Waals surface area contributed by atoms with Crippen LogP contribution < -0.4 is 5.32 Å².